The fraction of sp³-hybridized carbons (Fsp3) is 0.833. The number of carbonyl (C=O) groups excluding carboxylic acids is 1. The van der Waals surface area contributed by atoms with Gasteiger partial charge in [-0.2, -0.15) is 5.26 Å². The van der Waals surface area contributed by atoms with Crippen molar-refractivity contribution < 1.29 is 9.53 Å². The molecule has 0 aromatic carbocycles. The number of rotatable bonds is 0. The summed E-state index contributed by atoms with van der Waals surface area (Å²) in [5.74, 6) is 0.363. The smallest absolute Gasteiger partial charge is 0.411 e. The van der Waals surface area contributed by atoms with Gasteiger partial charge in [0.2, 0.25) is 0 Å². The van der Waals surface area contributed by atoms with Gasteiger partial charge in [0.1, 0.15) is 11.6 Å². The van der Waals surface area contributed by atoms with Gasteiger partial charge in [-0.15, -0.1) is 0 Å². The van der Waals surface area contributed by atoms with E-state index in [1.807, 2.05) is 20.8 Å². The summed E-state index contributed by atoms with van der Waals surface area (Å²) < 4.78 is 5.34. The van der Waals surface area contributed by atoms with E-state index in [2.05, 4.69) is 6.07 Å². The molecule has 0 aromatic rings. The van der Waals surface area contributed by atoms with Crippen molar-refractivity contribution in [2.24, 2.45) is 5.92 Å². The summed E-state index contributed by atoms with van der Waals surface area (Å²) in [6.07, 6.45) is 2.73. The van der Waals surface area contributed by atoms with Crippen LogP contribution in [0.4, 0.5) is 4.79 Å². The van der Waals surface area contributed by atoms with Crippen molar-refractivity contribution in [2.45, 2.75) is 57.7 Å². The van der Waals surface area contributed by atoms with Gasteiger partial charge < -0.3 is 4.74 Å². The Morgan fingerprint density at radius 3 is 2.69 bits per heavy atom. The molecule has 1 aliphatic carbocycles. The lowest BCUT2D eigenvalue weighted by atomic mass is 10.0. The van der Waals surface area contributed by atoms with Gasteiger partial charge in [0, 0.05) is 6.04 Å². The predicted molar refractivity (Wildman–Crippen MR) is 58.6 cm³/mol. The predicted octanol–water partition coefficient (Wildman–Crippen LogP) is 2.30. The Morgan fingerprint density at radius 1 is 1.44 bits per heavy atom. The topological polar surface area (TPSA) is 53.3 Å². The Balaban J connectivity index is 2.09. The van der Waals surface area contributed by atoms with Crippen LogP contribution in [0, 0.1) is 17.2 Å². The van der Waals surface area contributed by atoms with Gasteiger partial charge in [0.25, 0.3) is 0 Å². The molecule has 0 aromatic heterocycles. The summed E-state index contributed by atoms with van der Waals surface area (Å²) >= 11 is 0. The van der Waals surface area contributed by atoms with Gasteiger partial charge >= 0.3 is 6.09 Å². The van der Waals surface area contributed by atoms with Crippen molar-refractivity contribution in [3.63, 3.8) is 0 Å². The monoisotopic (exact) mass is 222 g/mol. The minimum absolute atomic E-state index is 0.226. The summed E-state index contributed by atoms with van der Waals surface area (Å²) in [5, 5.41) is 9.11. The second kappa shape index (κ2) is 3.65. The van der Waals surface area contributed by atoms with Crippen LogP contribution in [0.2, 0.25) is 0 Å². The highest BCUT2D eigenvalue weighted by atomic mass is 16.6. The van der Waals surface area contributed by atoms with E-state index < -0.39 is 5.60 Å². The fourth-order valence-corrected chi connectivity index (χ4v) is 2.73. The van der Waals surface area contributed by atoms with E-state index >= 15 is 0 Å². The lowest BCUT2D eigenvalue weighted by molar-refractivity contribution is 0.0132. The number of nitriles is 1. The number of carbonyl (C=O) groups is 1. The zero-order valence-corrected chi connectivity index (χ0v) is 10.1. The summed E-state index contributed by atoms with van der Waals surface area (Å²) in [7, 11) is 0. The van der Waals surface area contributed by atoms with Crippen LogP contribution in [0.1, 0.15) is 40.0 Å². The van der Waals surface area contributed by atoms with Crippen molar-refractivity contribution >= 4 is 6.09 Å². The third-order valence-electron chi connectivity index (χ3n) is 3.32. The first kappa shape index (κ1) is 11.3. The molecule has 2 fully saturated rings. The molecule has 2 aliphatic rings. The van der Waals surface area contributed by atoms with E-state index in [9.17, 15) is 4.79 Å². The molecule has 0 spiro atoms. The summed E-state index contributed by atoms with van der Waals surface area (Å²) in [6, 6.07) is 2.19. The molecule has 1 saturated carbocycles. The molecule has 4 nitrogen and oxygen atoms in total. The lowest BCUT2D eigenvalue weighted by Crippen LogP contribution is -2.46. The Bertz CT molecular complexity index is 340. The lowest BCUT2D eigenvalue weighted by Gasteiger charge is -2.33. The van der Waals surface area contributed by atoms with Crippen LogP contribution in [0.25, 0.3) is 0 Å². The van der Waals surface area contributed by atoms with Crippen LogP contribution >= 0.6 is 0 Å². The molecule has 1 amide bonds. The SMILES string of the molecule is CC(C)(C)OC(=O)N1[C@@H]2CC[C@@H](C2)[C@H]1C#N. The van der Waals surface area contributed by atoms with Gasteiger partial charge in [-0.1, -0.05) is 0 Å². The van der Waals surface area contributed by atoms with E-state index in [0.717, 1.165) is 19.3 Å². The molecule has 0 radical (unpaired) electrons. The quantitative estimate of drug-likeness (QED) is 0.632. The van der Waals surface area contributed by atoms with Crippen molar-refractivity contribution in [3.05, 3.63) is 0 Å². The van der Waals surface area contributed by atoms with Crippen LogP contribution in [0.15, 0.2) is 0 Å². The molecule has 2 bridgehead atoms. The summed E-state index contributed by atoms with van der Waals surface area (Å²) in [5.41, 5.74) is -0.487. The van der Waals surface area contributed by atoms with E-state index in [1.165, 1.54) is 0 Å². The number of hydrogen-bond acceptors (Lipinski definition) is 3. The highest BCUT2D eigenvalue weighted by Gasteiger charge is 2.49. The molecular weight excluding hydrogens is 204 g/mol. The van der Waals surface area contributed by atoms with Gasteiger partial charge in [-0.3, -0.25) is 4.90 Å². The van der Waals surface area contributed by atoms with E-state index in [0.29, 0.717) is 5.92 Å². The van der Waals surface area contributed by atoms with Gasteiger partial charge in [0.05, 0.1) is 6.07 Å². The molecule has 1 saturated heterocycles. The minimum atomic E-state index is -0.487. The third kappa shape index (κ3) is 1.87. The zero-order valence-electron chi connectivity index (χ0n) is 10.1. The van der Waals surface area contributed by atoms with Crippen LogP contribution in [-0.2, 0) is 4.74 Å². The maximum atomic E-state index is 12.0. The van der Waals surface area contributed by atoms with Crippen molar-refractivity contribution in [2.75, 3.05) is 0 Å². The van der Waals surface area contributed by atoms with Crippen LogP contribution < -0.4 is 0 Å². The Hall–Kier alpha value is -1.24. The third-order valence-corrected chi connectivity index (χ3v) is 3.32. The zero-order chi connectivity index (χ0) is 11.9. The first-order chi connectivity index (χ1) is 7.42. The molecule has 1 aliphatic heterocycles. The first-order valence-corrected chi connectivity index (χ1v) is 5.83. The maximum absolute atomic E-state index is 12.0. The van der Waals surface area contributed by atoms with Crippen molar-refractivity contribution in [3.8, 4) is 6.07 Å². The number of fused-ring (bicyclic) bond motifs is 2. The molecule has 16 heavy (non-hydrogen) atoms. The van der Waals surface area contributed by atoms with E-state index in [-0.39, 0.29) is 18.2 Å². The van der Waals surface area contributed by atoms with Gasteiger partial charge in [0.15, 0.2) is 0 Å². The Labute approximate surface area is 96.2 Å². The number of nitrogens with zero attached hydrogens (tertiary/aromatic N) is 2. The average Bonchev–Trinajstić information content (AvgIpc) is 2.72. The maximum Gasteiger partial charge on any atom is 0.411 e. The number of amides is 1. The van der Waals surface area contributed by atoms with E-state index in [4.69, 9.17) is 10.00 Å². The molecule has 1 heterocycles. The van der Waals surface area contributed by atoms with Crippen LogP contribution in [0.3, 0.4) is 0 Å². The molecular formula is C12H18N2O2. The number of likely N-dealkylation sites (tertiary alicyclic amines) is 1. The second-order valence-electron chi connectivity index (χ2n) is 5.69. The van der Waals surface area contributed by atoms with Crippen LogP contribution in [-0.4, -0.2) is 28.7 Å². The number of piperidine rings is 1. The van der Waals surface area contributed by atoms with Crippen molar-refractivity contribution in [1.82, 2.24) is 4.90 Å². The number of hydrogen-bond donors (Lipinski definition) is 0. The highest BCUT2D eigenvalue weighted by Crippen LogP contribution is 2.42. The first-order valence-electron chi connectivity index (χ1n) is 5.83. The largest absolute Gasteiger partial charge is 0.444 e. The standard InChI is InChI=1S/C12H18N2O2/c1-12(2,3)16-11(15)14-9-5-4-8(6-9)10(14)7-13/h8-10H,4-6H2,1-3H3/t8-,9+,10+/m0/s1. The second-order valence-corrected chi connectivity index (χ2v) is 5.69. The number of ether oxygens (including phenoxy) is 1. The normalized spacial score (nSPS) is 32.6. The molecule has 0 unspecified atom stereocenters. The summed E-state index contributed by atoms with van der Waals surface area (Å²) in [4.78, 5) is 13.6. The molecule has 0 N–H and O–H groups in total. The molecule has 2 rings (SSSR count). The molecule has 88 valence electrons. The minimum Gasteiger partial charge on any atom is -0.444 e. The van der Waals surface area contributed by atoms with E-state index in [1.54, 1.807) is 4.90 Å². The highest BCUT2D eigenvalue weighted by molar-refractivity contribution is 5.70. The van der Waals surface area contributed by atoms with Gasteiger partial charge in [-0.05, 0) is 46.0 Å². The Kier molecular flexibility index (Phi) is 2.57. The van der Waals surface area contributed by atoms with Gasteiger partial charge in [-0.25, -0.2) is 4.79 Å². The summed E-state index contributed by atoms with van der Waals surface area (Å²) in [6.45, 7) is 5.54. The fourth-order valence-electron chi connectivity index (χ4n) is 2.73. The molecule has 4 heteroatoms. The Morgan fingerprint density at radius 2 is 2.12 bits per heavy atom. The average molecular weight is 222 g/mol. The molecule has 3 atom stereocenters. The van der Waals surface area contributed by atoms with Crippen LogP contribution in [0.5, 0.6) is 0 Å². The van der Waals surface area contributed by atoms with Crippen molar-refractivity contribution in [1.29, 1.82) is 5.26 Å².